The minimum absolute atomic E-state index is 0. The van der Waals surface area contributed by atoms with Gasteiger partial charge in [0, 0.05) is 33.8 Å². The molecule has 0 aromatic carbocycles. The fourth-order valence-corrected chi connectivity index (χ4v) is 1.72. The number of nitrogens with zero attached hydrogens (tertiary/aromatic N) is 2. The van der Waals surface area contributed by atoms with E-state index >= 15 is 0 Å². The van der Waals surface area contributed by atoms with E-state index in [0.29, 0.717) is 0 Å². The normalized spacial score (nSPS) is 11.3. The number of likely N-dealkylation sites (N-methyl/N-ethyl adjacent to an activating group) is 1. The van der Waals surface area contributed by atoms with Crippen molar-refractivity contribution in [3.05, 3.63) is 0 Å². The Labute approximate surface area is 141 Å². The number of ether oxygens (including phenoxy) is 1. The summed E-state index contributed by atoms with van der Waals surface area (Å²) in [6.07, 6.45) is 4.84. The first-order valence-corrected chi connectivity index (χ1v) is 7.36. The SMILES string of the molecule is CCCCCNC(=NC)NCCCN(C)CCOC.I. The van der Waals surface area contributed by atoms with Gasteiger partial charge in [-0.1, -0.05) is 19.8 Å². The highest BCUT2D eigenvalue weighted by Crippen LogP contribution is 1.91. The van der Waals surface area contributed by atoms with Gasteiger partial charge in [-0.05, 0) is 26.4 Å². The van der Waals surface area contributed by atoms with Gasteiger partial charge >= 0.3 is 0 Å². The standard InChI is InChI=1S/C14H32N4O.HI/c1-5-6-7-9-16-14(15-2)17-10-8-11-18(3)12-13-19-4;/h5-13H2,1-4H3,(H2,15,16,17);1H. The molecule has 122 valence electrons. The van der Waals surface area contributed by atoms with E-state index in [1.165, 1.54) is 19.3 Å². The largest absolute Gasteiger partial charge is 0.383 e. The lowest BCUT2D eigenvalue weighted by Gasteiger charge is -2.17. The fraction of sp³-hybridized carbons (Fsp3) is 0.929. The maximum atomic E-state index is 5.05. The molecule has 6 heteroatoms. The van der Waals surface area contributed by atoms with Crippen LogP contribution >= 0.6 is 24.0 Å². The Bertz CT molecular complexity index is 227. The summed E-state index contributed by atoms with van der Waals surface area (Å²) in [6, 6.07) is 0. The van der Waals surface area contributed by atoms with Gasteiger partial charge < -0.3 is 20.3 Å². The number of unbranched alkanes of at least 4 members (excludes halogenated alkanes) is 2. The predicted molar refractivity (Wildman–Crippen MR) is 98.3 cm³/mol. The van der Waals surface area contributed by atoms with Crippen LogP contribution in [0.3, 0.4) is 0 Å². The Balaban J connectivity index is 0. The number of hydrogen-bond donors (Lipinski definition) is 2. The number of nitrogens with one attached hydrogen (secondary N) is 2. The van der Waals surface area contributed by atoms with E-state index in [1.54, 1.807) is 7.11 Å². The van der Waals surface area contributed by atoms with Crippen LogP contribution in [-0.4, -0.2) is 64.9 Å². The van der Waals surface area contributed by atoms with E-state index in [4.69, 9.17) is 4.74 Å². The van der Waals surface area contributed by atoms with Gasteiger partial charge in [0.2, 0.25) is 0 Å². The molecule has 0 fully saturated rings. The summed E-state index contributed by atoms with van der Waals surface area (Å²) < 4.78 is 5.05. The van der Waals surface area contributed by atoms with Crippen molar-refractivity contribution in [1.82, 2.24) is 15.5 Å². The number of methoxy groups -OCH3 is 1. The molecule has 0 aliphatic heterocycles. The van der Waals surface area contributed by atoms with Gasteiger partial charge in [-0.15, -0.1) is 24.0 Å². The maximum absolute atomic E-state index is 5.05. The van der Waals surface area contributed by atoms with Crippen LogP contribution in [0.25, 0.3) is 0 Å². The molecule has 2 N–H and O–H groups in total. The molecule has 0 bridgehead atoms. The van der Waals surface area contributed by atoms with E-state index < -0.39 is 0 Å². The van der Waals surface area contributed by atoms with Gasteiger partial charge in [-0.25, -0.2) is 0 Å². The number of guanidine groups is 1. The van der Waals surface area contributed by atoms with Crippen molar-refractivity contribution < 1.29 is 4.74 Å². The van der Waals surface area contributed by atoms with Gasteiger partial charge in [-0.3, -0.25) is 4.99 Å². The molecule has 0 unspecified atom stereocenters. The van der Waals surface area contributed by atoms with Crippen molar-refractivity contribution in [2.75, 3.05) is 54.0 Å². The molecule has 0 atom stereocenters. The molecule has 0 aliphatic rings. The molecule has 0 spiro atoms. The molecule has 0 radical (unpaired) electrons. The highest BCUT2D eigenvalue weighted by molar-refractivity contribution is 14.0. The molecule has 0 amide bonds. The molecule has 0 aromatic rings. The van der Waals surface area contributed by atoms with Crippen LogP contribution in [0.1, 0.15) is 32.6 Å². The highest BCUT2D eigenvalue weighted by atomic mass is 127. The molecule has 0 aliphatic carbocycles. The molecule has 0 aromatic heterocycles. The van der Waals surface area contributed by atoms with Gasteiger partial charge in [0.25, 0.3) is 0 Å². The third-order valence-corrected chi connectivity index (χ3v) is 2.98. The predicted octanol–water partition coefficient (Wildman–Crippen LogP) is 1.93. The van der Waals surface area contributed by atoms with Crippen LogP contribution in [0.5, 0.6) is 0 Å². The summed E-state index contributed by atoms with van der Waals surface area (Å²) in [7, 11) is 5.68. The van der Waals surface area contributed by atoms with Crippen LogP contribution in [0, 0.1) is 0 Å². The van der Waals surface area contributed by atoms with Crippen LogP contribution in [0.4, 0.5) is 0 Å². The average molecular weight is 400 g/mol. The fourth-order valence-electron chi connectivity index (χ4n) is 1.72. The number of halogens is 1. The van der Waals surface area contributed by atoms with Crippen molar-refractivity contribution in [3.8, 4) is 0 Å². The average Bonchev–Trinajstić information content (AvgIpc) is 2.43. The van der Waals surface area contributed by atoms with E-state index in [0.717, 1.165) is 45.2 Å². The van der Waals surface area contributed by atoms with Gasteiger partial charge in [0.05, 0.1) is 6.61 Å². The molecular formula is C14H33IN4O. The van der Waals surface area contributed by atoms with E-state index in [2.05, 4.69) is 34.5 Å². The number of rotatable bonds is 11. The van der Waals surface area contributed by atoms with Gasteiger partial charge in [0.1, 0.15) is 0 Å². The second-order valence-corrected chi connectivity index (χ2v) is 4.78. The summed E-state index contributed by atoms with van der Waals surface area (Å²) in [6.45, 7) is 7.02. The van der Waals surface area contributed by atoms with E-state index in [-0.39, 0.29) is 24.0 Å². The Morgan fingerprint density at radius 3 is 2.30 bits per heavy atom. The zero-order valence-electron chi connectivity index (χ0n) is 13.6. The summed E-state index contributed by atoms with van der Waals surface area (Å²) >= 11 is 0. The summed E-state index contributed by atoms with van der Waals surface area (Å²) in [4.78, 5) is 6.49. The lowest BCUT2D eigenvalue weighted by Crippen LogP contribution is -2.39. The van der Waals surface area contributed by atoms with Crippen LogP contribution in [-0.2, 0) is 4.74 Å². The monoisotopic (exact) mass is 400 g/mol. The second kappa shape index (κ2) is 17.0. The van der Waals surface area contributed by atoms with Crippen molar-refractivity contribution in [3.63, 3.8) is 0 Å². The molecule has 0 saturated heterocycles. The second-order valence-electron chi connectivity index (χ2n) is 4.78. The summed E-state index contributed by atoms with van der Waals surface area (Å²) in [5.41, 5.74) is 0. The number of hydrogen-bond acceptors (Lipinski definition) is 3. The van der Waals surface area contributed by atoms with Crippen molar-refractivity contribution in [2.45, 2.75) is 32.6 Å². The smallest absolute Gasteiger partial charge is 0.190 e. The number of aliphatic imine (C=N–C) groups is 1. The van der Waals surface area contributed by atoms with Crippen molar-refractivity contribution >= 4 is 29.9 Å². The van der Waals surface area contributed by atoms with Crippen molar-refractivity contribution in [1.29, 1.82) is 0 Å². The lowest BCUT2D eigenvalue weighted by molar-refractivity contribution is 0.161. The first kappa shape index (κ1) is 22.2. The van der Waals surface area contributed by atoms with Crippen LogP contribution < -0.4 is 10.6 Å². The minimum atomic E-state index is 0. The molecule has 0 saturated carbocycles. The zero-order chi connectivity index (χ0) is 14.3. The van der Waals surface area contributed by atoms with Crippen LogP contribution in [0.15, 0.2) is 4.99 Å². The molecular weight excluding hydrogens is 367 g/mol. The van der Waals surface area contributed by atoms with E-state index in [9.17, 15) is 0 Å². The minimum Gasteiger partial charge on any atom is -0.383 e. The van der Waals surface area contributed by atoms with E-state index in [1.807, 2.05) is 7.05 Å². The zero-order valence-corrected chi connectivity index (χ0v) is 15.9. The molecule has 0 heterocycles. The van der Waals surface area contributed by atoms with Crippen LogP contribution in [0.2, 0.25) is 0 Å². The molecule has 20 heavy (non-hydrogen) atoms. The first-order chi connectivity index (χ1) is 9.24. The quantitative estimate of drug-likeness (QED) is 0.241. The Morgan fingerprint density at radius 1 is 1.10 bits per heavy atom. The third kappa shape index (κ3) is 14.3. The topological polar surface area (TPSA) is 48.9 Å². The lowest BCUT2D eigenvalue weighted by atomic mass is 10.2. The third-order valence-electron chi connectivity index (χ3n) is 2.98. The van der Waals surface area contributed by atoms with Gasteiger partial charge in [0.15, 0.2) is 5.96 Å². The van der Waals surface area contributed by atoms with Gasteiger partial charge in [-0.2, -0.15) is 0 Å². The molecule has 0 rings (SSSR count). The Hall–Kier alpha value is -0.0800. The maximum Gasteiger partial charge on any atom is 0.190 e. The highest BCUT2D eigenvalue weighted by Gasteiger charge is 1.99. The Kier molecular flexibility index (Phi) is 18.8. The summed E-state index contributed by atoms with van der Waals surface area (Å²) in [5.74, 6) is 0.913. The first-order valence-electron chi connectivity index (χ1n) is 7.36. The Morgan fingerprint density at radius 2 is 1.75 bits per heavy atom. The molecule has 5 nitrogen and oxygen atoms in total. The summed E-state index contributed by atoms with van der Waals surface area (Å²) in [5, 5.41) is 6.67. The van der Waals surface area contributed by atoms with Crippen molar-refractivity contribution in [2.24, 2.45) is 4.99 Å².